The molecular formula is C14H22ClN3. The molecule has 0 unspecified atom stereocenters. The van der Waals surface area contributed by atoms with Gasteiger partial charge in [-0.05, 0) is 45.0 Å². The van der Waals surface area contributed by atoms with E-state index in [2.05, 4.69) is 23.9 Å². The highest BCUT2D eigenvalue weighted by Crippen LogP contribution is 2.34. The first-order chi connectivity index (χ1) is 8.58. The highest BCUT2D eigenvalue weighted by Gasteiger charge is 2.22. The average Bonchev–Trinajstić information content (AvgIpc) is 2.30. The fourth-order valence-corrected chi connectivity index (χ4v) is 3.02. The molecule has 4 heteroatoms. The number of hydrogen-bond acceptors (Lipinski definition) is 3. The van der Waals surface area contributed by atoms with Crippen LogP contribution in [0.2, 0.25) is 5.02 Å². The van der Waals surface area contributed by atoms with Crippen molar-refractivity contribution in [3.8, 4) is 0 Å². The number of nitrogens with two attached hydrogens (primary N) is 1. The number of hydrogen-bond donors (Lipinski definition) is 1. The van der Waals surface area contributed by atoms with Crippen LogP contribution < -0.4 is 10.6 Å². The zero-order valence-corrected chi connectivity index (χ0v) is 12.0. The van der Waals surface area contributed by atoms with Crippen molar-refractivity contribution in [3.63, 3.8) is 0 Å². The van der Waals surface area contributed by atoms with E-state index in [4.69, 9.17) is 17.3 Å². The molecule has 0 aliphatic carbocycles. The van der Waals surface area contributed by atoms with Crippen molar-refractivity contribution >= 4 is 23.0 Å². The monoisotopic (exact) mass is 267 g/mol. The van der Waals surface area contributed by atoms with Gasteiger partial charge >= 0.3 is 0 Å². The van der Waals surface area contributed by atoms with Gasteiger partial charge in [-0.3, -0.25) is 0 Å². The number of piperidine rings is 1. The zero-order chi connectivity index (χ0) is 13.1. The Morgan fingerprint density at radius 2 is 2.00 bits per heavy atom. The van der Waals surface area contributed by atoms with E-state index in [1.54, 1.807) is 0 Å². The molecule has 1 fully saturated rings. The van der Waals surface area contributed by atoms with Crippen LogP contribution in [-0.2, 0) is 0 Å². The Labute approximate surface area is 115 Å². The van der Waals surface area contributed by atoms with Gasteiger partial charge in [0, 0.05) is 19.6 Å². The predicted molar refractivity (Wildman–Crippen MR) is 79.4 cm³/mol. The van der Waals surface area contributed by atoms with E-state index in [-0.39, 0.29) is 0 Å². The van der Waals surface area contributed by atoms with Crippen LogP contribution in [0.1, 0.15) is 12.8 Å². The van der Waals surface area contributed by atoms with Crippen LogP contribution in [0.3, 0.4) is 0 Å². The Kier molecular flexibility index (Phi) is 4.36. The van der Waals surface area contributed by atoms with Gasteiger partial charge in [0.15, 0.2) is 0 Å². The third-order valence-electron chi connectivity index (χ3n) is 3.57. The number of nitrogen functional groups attached to an aromatic ring is 1. The van der Waals surface area contributed by atoms with E-state index in [1.807, 2.05) is 18.2 Å². The summed E-state index contributed by atoms with van der Waals surface area (Å²) < 4.78 is 0. The molecule has 100 valence electrons. The van der Waals surface area contributed by atoms with Crippen molar-refractivity contribution in [2.24, 2.45) is 5.92 Å². The van der Waals surface area contributed by atoms with Gasteiger partial charge in [-0.25, -0.2) is 0 Å². The average molecular weight is 268 g/mol. The number of benzene rings is 1. The maximum Gasteiger partial charge on any atom is 0.0789 e. The van der Waals surface area contributed by atoms with Crippen molar-refractivity contribution in [1.29, 1.82) is 0 Å². The molecule has 0 amide bonds. The highest BCUT2D eigenvalue weighted by molar-refractivity contribution is 6.34. The van der Waals surface area contributed by atoms with Gasteiger partial charge in [0.25, 0.3) is 0 Å². The first-order valence-corrected chi connectivity index (χ1v) is 6.89. The van der Waals surface area contributed by atoms with Crippen LogP contribution >= 0.6 is 11.6 Å². The van der Waals surface area contributed by atoms with Gasteiger partial charge < -0.3 is 15.5 Å². The van der Waals surface area contributed by atoms with Gasteiger partial charge in [0.1, 0.15) is 0 Å². The molecule has 1 aliphatic heterocycles. The summed E-state index contributed by atoms with van der Waals surface area (Å²) in [5.41, 5.74) is 7.84. The summed E-state index contributed by atoms with van der Waals surface area (Å²) in [5.74, 6) is 0.792. The van der Waals surface area contributed by atoms with Crippen LogP contribution in [0.5, 0.6) is 0 Å². The quantitative estimate of drug-likeness (QED) is 0.855. The second-order valence-corrected chi connectivity index (χ2v) is 5.78. The van der Waals surface area contributed by atoms with Crippen molar-refractivity contribution in [2.75, 3.05) is 44.4 Å². The van der Waals surface area contributed by atoms with E-state index in [1.165, 1.54) is 19.4 Å². The minimum Gasteiger partial charge on any atom is -0.397 e. The molecule has 18 heavy (non-hydrogen) atoms. The molecule has 1 saturated heterocycles. The maximum absolute atomic E-state index is 6.25. The van der Waals surface area contributed by atoms with E-state index < -0.39 is 0 Å². The summed E-state index contributed by atoms with van der Waals surface area (Å²) >= 11 is 6.25. The largest absolute Gasteiger partial charge is 0.397 e. The fraction of sp³-hybridized carbons (Fsp3) is 0.571. The molecule has 1 aromatic rings. The Bertz CT molecular complexity index is 378. The molecular weight excluding hydrogens is 246 g/mol. The molecule has 0 saturated carbocycles. The first kappa shape index (κ1) is 13.5. The van der Waals surface area contributed by atoms with Crippen molar-refractivity contribution in [3.05, 3.63) is 23.2 Å². The lowest BCUT2D eigenvalue weighted by atomic mass is 9.96. The molecule has 0 spiro atoms. The van der Waals surface area contributed by atoms with Crippen LogP contribution in [0.4, 0.5) is 11.4 Å². The number of halogens is 1. The van der Waals surface area contributed by atoms with Gasteiger partial charge in [-0.15, -0.1) is 0 Å². The first-order valence-electron chi connectivity index (χ1n) is 6.51. The second-order valence-electron chi connectivity index (χ2n) is 5.37. The van der Waals surface area contributed by atoms with E-state index in [9.17, 15) is 0 Å². The normalized spacial score (nSPS) is 17.4. The van der Waals surface area contributed by atoms with Crippen LogP contribution in [0.15, 0.2) is 18.2 Å². The minimum absolute atomic E-state index is 0.765. The third kappa shape index (κ3) is 3.09. The van der Waals surface area contributed by atoms with E-state index in [0.29, 0.717) is 0 Å². The highest BCUT2D eigenvalue weighted by atomic mass is 35.5. The number of anilines is 2. The second kappa shape index (κ2) is 5.81. The van der Waals surface area contributed by atoms with E-state index >= 15 is 0 Å². The summed E-state index contributed by atoms with van der Waals surface area (Å²) in [4.78, 5) is 4.59. The molecule has 1 aromatic carbocycles. The number of rotatable bonds is 3. The van der Waals surface area contributed by atoms with Gasteiger partial charge in [0.05, 0.1) is 16.4 Å². The molecule has 0 atom stereocenters. The third-order valence-corrected chi connectivity index (χ3v) is 3.88. The molecule has 2 N–H and O–H groups in total. The van der Waals surface area contributed by atoms with Crippen LogP contribution in [0.25, 0.3) is 0 Å². The Morgan fingerprint density at radius 3 is 2.56 bits per heavy atom. The Hall–Kier alpha value is -0.930. The molecule has 0 radical (unpaired) electrons. The van der Waals surface area contributed by atoms with Gasteiger partial charge in [0.2, 0.25) is 0 Å². The van der Waals surface area contributed by atoms with Gasteiger partial charge in [-0.1, -0.05) is 17.7 Å². The lowest BCUT2D eigenvalue weighted by Crippen LogP contribution is -2.37. The molecule has 1 heterocycles. The Morgan fingerprint density at radius 1 is 1.33 bits per heavy atom. The summed E-state index contributed by atoms with van der Waals surface area (Å²) in [6.45, 7) is 3.27. The SMILES string of the molecule is CN(C)CC1CCN(c2c(N)cccc2Cl)CC1. The molecule has 2 rings (SSSR count). The topological polar surface area (TPSA) is 32.5 Å². The number of para-hydroxylation sites is 1. The zero-order valence-electron chi connectivity index (χ0n) is 11.2. The smallest absolute Gasteiger partial charge is 0.0789 e. The lowest BCUT2D eigenvalue weighted by molar-refractivity contribution is 0.285. The number of nitrogens with zero attached hydrogens (tertiary/aromatic N) is 2. The molecule has 0 bridgehead atoms. The van der Waals surface area contributed by atoms with Crippen molar-refractivity contribution in [1.82, 2.24) is 4.90 Å². The summed E-state index contributed by atoms with van der Waals surface area (Å²) in [5, 5.41) is 0.765. The minimum atomic E-state index is 0.765. The summed E-state index contributed by atoms with van der Waals surface area (Å²) in [6, 6.07) is 5.74. The standard InChI is InChI=1S/C14H22ClN3/c1-17(2)10-11-6-8-18(9-7-11)14-12(15)4-3-5-13(14)16/h3-5,11H,6-10,16H2,1-2H3. The van der Waals surface area contributed by atoms with Crippen LogP contribution in [-0.4, -0.2) is 38.6 Å². The fourth-order valence-electron chi connectivity index (χ4n) is 2.72. The van der Waals surface area contributed by atoms with Gasteiger partial charge in [-0.2, -0.15) is 0 Å². The van der Waals surface area contributed by atoms with E-state index in [0.717, 1.165) is 35.4 Å². The van der Waals surface area contributed by atoms with Crippen LogP contribution in [0, 0.1) is 5.92 Å². The Balaban J connectivity index is 2.01. The maximum atomic E-state index is 6.25. The summed E-state index contributed by atoms with van der Waals surface area (Å²) in [7, 11) is 4.27. The van der Waals surface area contributed by atoms with Crippen molar-refractivity contribution < 1.29 is 0 Å². The van der Waals surface area contributed by atoms with Crippen molar-refractivity contribution in [2.45, 2.75) is 12.8 Å². The predicted octanol–water partition coefficient (Wildman–Crippen LogP) is 2.70. The molecule has 1 aliphatic rings. The lowest BCUT2D eigenvalue weighted by Gasteiger charge is -2.35. The molecule has 3 nitrogen and oxygen atoms in total. The summed E-state index contributed by atoms with van der Waals surface area (Å²) in [6.07, 6.45) is 2.42. The molecule has 0 aromatic heterocycles.